The Hall–Kier alpha value is -0.820. The van der Waals surface area contributed by atoms with Crippen LogP contribution in [0.25, 0.3) is 0 Å². The second-order valence-corrected chi connectivity index (χ2v) is 8.55. The van der Waals surface area contributed by atoms with Crippen LogP contribution in [0.1, 0.15) is 5.56 Å². The van der Waals surface area contributed by atoms with E-state index in [4.69, 9.17) is 5.73 Å². The van der Waals surface area contributed by atoms with Crippen molar-refractivity contribution in [2.75, 3.05) is 11.5 Å². The van der Waals surface area contributed by atoms with Crippen molar-refractivity contribution in [1.82, 2.24) is 0 Å². The maximum atomic E-state index is 12.3. The van der Waals surface area contributed by atoms with Crippen LogP contribution in [0.4, 0.5) is 0 Å². The molecule has 21 heavy (non-hydrogen) atoms. The van der Waals surface area contributed by atoms with Crippen molar-refractivity contribution in [3.8, 4) is 0 Å². The molecule has 0 atom stereocenters. The van der Waals surface area contributed by atoms with Crippen LogP contribution >= 0.6 is 27.7 Å². The highest BCUT2D eigenvalue weighted by molar-refractivity contribution is 9.10. The highest BCUT2D eigenvalue weighted by Crippen LogP contribution is 2.27. The van der Waals surface area contributed by atoms with Gasteiger partial charge in [0.1, 0.15) is 0 Å². The first-order chi connectivity index (χ1) is 10.0. The molecule has 0 spiro atoms. The predicted molar refractivity (Wildman–Crippen MR) is 91.3 cm³/mol. The van der Waals surface area contributed by atoms with E-state index < -0.39 is 9.84 Å². The summed E-state index contributed by atoms with van der Waals surface area (Å²) in [6.07, 6.45) is 0. The summed E-state index contributed by atoms with van der Waals surface area (Å²) in [7, 11) is -3.27. The minimum atomic E-state index is -3.27. The van der Waals surface area contributed by atoms with Crippen LogP contribution in [-0.2, 0) is 16.4 Å². The molecule has 3 nitrogen and oxygen atoms in total. The van der Waals surface area contributed by atoms with E-state index in [-0.39, 0.29) is 5.75 Å². The van der Waals surface area contributed by atoms with Gasteiger partial charge in [-0.25, -0.2) is 8.42 Å². The summed E-state index contributed by atoms with van der Waals surface area (Å²) in [6.45, 7) is 0.342. The molecule has 0 fully saturated rings. The molecule has 0 bridgehead atoms. The lowest BCUT2D eigenvalue weighted by Gasteiger charge is -2.07. The first-order valence-electron chi connectivity index (χ1n) is 6.42. The van der Waals surface area contributed by atoms with E-state index in [1.807, 2.05) is 30.3 Å². The zero-order valence-electron chi connectivity index (χ0n) is 11.3. The van der Waals surface area contributed by atoms with Crippen molar-refractivity contribution in [2.24, 2.45) is 5.73 Å². The number of nitrogens with two attached hydrogens (primary N) is 1. The van der Waals surface area contributed by atoms with Crippen LogP contribution in [0.2, 0.25) is 0 Å². The van der Waals surface area contributed by atoms with Crippen molar-refractivity contribution in [3.05, 3.63) is 58.6 Å². The third-order valence-electron chi connectivity index (χ3n) is 2.94. The van der Waals surface area contributed by atoms with Crippen molar-refractivity contribution < 1.29 is 8.42 Å². The zero-order chi connectivity index (χ0) is 15.3. The molecule has 0 aliphatic heterocycles. The van der Waals surface area contributed by atoms with Gasteiger partial charge in [0.05, 0.1) is 10.6 Å². The van der Waals surface area contributed by atoms with Crippen LogP contribution in [0, 0.1) is 0 Å². The summed E-state index contributed by atoms with van der Waals surface area (Å²) in [6, 6.07) is 14.6. The van der Waals surface area contributed by atoms with Gasteiger partial charge < -0.3 is 5.73 Å². The Kier molecular flexibility index (Phi) is 5.87. The maximum Gasteiger partial charge on any atom is 0.179 e. The van der Waals surface area contributed by atoms with E-state index in [9.17, 15) is 8.42 Å². The Morgan fingerprint density at radius 2 is 1.86 bits per heavy atom. The lowest BCUT2D eigenvalue weighted by atomic mass is 10.2. The highest BCUT2D eigenvalue weighted by Gasteiger charge is 2.15. The Bertz CT molecular complexity index is 717. The minimum absolute atomic E-state index is 0.104. The third kappa shape index (κ3) is 4.57. The molecule has 2 rings (SSSR count). The molecule has 0 heterocycles. The molecule has 0 aromatic heterocycles. The van der Waals surface area contributed by atoms with Crippen LogP contribution < -0.4 is 5.73 Å². The molecular weight excluding hydrogens is 370 g/mol. The van der Waals surface area contributed by atoms with Gasteiger partial charge in [-0.2, -0.15) is 0 Å². The number of thioether (sulfide) groups is 1. The summed E-state index contributed by atoms with van der Waals surface area (Å²) in [5, 5.41) is 0. The molecule has 0 unspecified atom stereocenters. The summed E-state index contributed by atoms with van der Waals surface area (Å²) >= 11 is 4.98. The summed E-state index contributed by atoms with van der Waals surface area (Å²) in [5.41, 5.74) is 6.38. The number of halogens is 1. The fourth-order valence-electron chi connectivity index (χ4n) is 1.81. The van der Waals surface area contributed by atoms with Gasteiger partial charge in [-0.05, 0) is 45.8 Å². The Labute approximate surface area is 138 Å². The molecule has 2 aromatic carbocycles. The molecule has 2 aromatic rings. The van der Waals surface area contributed by atoms with Crippen molar-refractivity contribution in [2.45, 2.75) is 16.3 Å². The zero-order valence-corrected chi connectivity index (χ0v) is 14.5. The Morgan fingerprint density at radius 1 is 1.10 bits per heavy atom. The number of benzene rings is 2. The number of sulfone groups is 1. The lowest BCUT2D eigenvalue weighted by molar-refractivity contribution is 0.597. The van der Waals surface area contributed by atoms with E-state index in [1.165, 1.54) is 11.8 Å². The summed E-state index contributed by atoms with van der Waals surface area (Å²) < 4.78 is 25.6. The Balaban J connectivity index is 2.03. The van der Waals surface area contributed by atoms with Crippen molar-refractivity contribution in [1.29, 1.82) is 0 Å². The standard InChI is InChI=1S/C15H16BrNO2S2/c16-14-6-1-2-7-15(14)20-8-9-21(18,19)13-5-3-4-12(10-13)11-17/h1-7,10H,8-9,11,17H2. The van der Waals surface area contributed by atoms with E-state index in [1.54, 1.807) is 18.2 Å². The largest absolute Gasteiger partial charge is 0.326 e. The van der Waals surface area contributed by atoms with Crippen LogP contribution in [0.5, 0.6) is 0 Å². The quantitative estimate of drug-likeness (QED) is 0.773. The molecule has 0 radical (unpaired) electrons. The first kappa shape index (κ1) is 16.5. The monoisotopic (exact) mass is 385 g/mol. The summed E-state index contributed by atoms with van der Waals surface area (Å²) in [5.74, 6) is 0.616. The second kappa shape index (κ2) is 7.45. The van der Waals surface area contributed by atoms with Gasteiger partial charge in [-0.15, -0.1) is 11.8 Å². The number of hydrogen-bond donors (Lipinski definition) is 1. The lowest BCUT2D eigenvalue weighted by Crippen LogP contribution is -2.09. The van der Waals surface area contributed by atoms with E-state index in [0.29, 0.717) is 17.2 Å². The second-order valence-electron chi connectivity index (χ2n) is 4.45. The van der Waals surface area contributed by atoms with Crippen LogP contribution in [0.3, 0.4) is 0 Å². The van der Waals surface area contributed by atoms with Gasteiger partial charge in [-0.3, -0.25) is 0 Å². The average Bonchev–Trinajstić information content (AvgIpc) is 2.49. The van der Waals surface area contributed by atoms with E-state index in [0.717, 1.165) is 14.9 Å². The SMILES string of the molecule is NCc1cccc(S(=O)(=O)CCSc2ccccc2Br)c1. The molecule has 0 amide bonds. The fraction of sp³-hybridized carbons (Fsp3) is 0.200. The molecule has 112 valence electrons. The molecule has 0 saturated carbocycles. The van der Waals surface area contributed by atoms with E-state index in [2.05, 4.69) is 15.9 Å². The van der Waals surface area contributed by atoms with Crippen LogP contribution in [0.15, 0.2) is 62.8 Å². The van der Waals surface area contributed by atoms with Gasteiger partial charge in [0, 0.05) is 21.7 Å². The molecule has 6 heteroatoms. The molecule has 2 N–H and O–H groups in total. The van der Waals surface area contributed by atoms with Gasteiger partial charge in [0.25, 0.3) is 0 Å². The normalized spacial score (nSPS) is 11.5. The van der Waals surface area contributed by atoms with Crippen LogP contribution in [-0.4, -0.2) is 19.9 Å². The minimum Gasteiger partial charge on any atom is -0.326 e. The predicted octanol–water partition coefficient (Wildman–Crippen LogP) is 3.47. The van der Waals surface area contributed by atoms with Gasteiger partial charge >= 0.3 is 0 Å². The molecular formula is C15H16BrNO2S2. The fourth-order valence-corrected chi connectivity index (χ4v) is 5.10. The van der Waals surface area contributed by atoms with Crippen molar-refractivity contribution >= 4 is 37.5 Å². The maximum absolute atomic E-state index is 12.3. The average molecular weight is 386 g/mol. The Morgan fingerprint density at radius 3 is 2.57 bits per heavy atom. The first-order valence-corrected chi connectivity index (χ1v) is 9.85. The summed E-state index contributed by atoms with van der Waals surface area (Å²) in [4.78, 5) is 1.39. The molecule has 0 saturated heterocycles. The van der Waals surface area contributed by atoms with Gasteiger partial charge in [0.2, 0.25) is 0 Å². The third-order valence-corrected chi connectivity index (χ3v) is 6.94. The molecule has 0 aliphatic carbocycles. The van der Waals surface area contributed by atoms with Crippen molar-refractivity contribution in [3.63, 3.8) is 0 Å². The number of hydrogen-bond acceptors (Lipinski definition) is 4. The van der Waals surface area contributed by atoms with Gasteiger partial charge in [0.15, 0.2) is 9.84 Å². The smallest absolute Gasteiger partial charge is 0.179 e. The molecule has 0 aliphatic rings. The topological polar surface area (TPSA) is 60.2 Å². The highest BCUT2D eigenvalue weighted by atomic mass is 79.9. The van der Waals surface area contributed by atoms with Gasteiger partial charge in [-0.1, -0.05) is 24.3 Å². The van der Waals surface area contributed by atoms with E-state index >= 15 is 0 Å². The number of rotatable bonds is 6.